The highest BCUT2D eigenvalue weighted by Crippen LogP contribution is 2.39. The molecule has 0 aliphatic heterocycles. The maximum Gasteiger partial charge on any atom is 0.197 e. The average Bonchev–Trinajstić information content (AvgIpc) is 2.54. The van der Waals surface area contributed by atoms with E-state index < -0.39 is 0 Å². The van der Waals surface area contributed by atoms with Gasteiger partial charge in [-0.25, -0.2) is 0 Å². The first-order valence-electron chi connectivity index (χ1n) is 4.44. The first-order chi connectivity index (χ1) is 7.61. The quantitative estimate of drug-likeness (QED) is 0.843. The molecule has 0 fully saturated rings. The molecule has 0 radical (unpaired) electrons. The van der Waals surface area contributed by atoms with E-state index in [-0.39, 0.29) is 10.8 Å². The van der Waals surface area contributed by atoms with Crippen molar-refractivity contribution in [2.75, 3.05) is 5.73 Å². The highest BCUT2D eigenvalue weighted by molar-refractivity contribution is 7.21. The van der Waals surface area contributed by atoms with Crippen LogP contribution in [-0.4, -0.2) is 5.78 Å². The zero-order valence-corrected chi connectivity index (χ0v) is 10.4. The van der Waals surface area contributed by atoms with Crippen molar-refractivity contribution < 1.29 is 4.79 Å². The second kappa shape index (κ2) is 4.45. The molecule has 1 heterocycles. The summed E-state index contributed by atoms with van der Waals surface area (Å²) in [5.74, 6) is -0.203. The summed E-state index contributed by atoms with van der Waals surface area (Å²) < 4.78 is 0.346. The fourth-order valence-electron chi connectivity index (χ4n) is 1.34. The number of anilines is 1. The third kappa shape index (κ3) is 1.94. The molecule has 0 bridgehead atoms. The molecule has 1 aromatic carbocycles. The van der Waals surface area contributed by atoms with E-state index in [1.165, 1.54) is 0 Å². The van der Waals surface area contributed by atoms with Crippen LogP contribution in [0.25, 0.3) is 0 Å². The van der Waals surface area contributed by atoms with Crippen LogP contribution in [-0.2, 0) is 0 Å². The lowest BCUT2D eigenvalue weighted by atomic mass is 10.1. The Kier molecular flexibility index (Phi) is 3.19. The lowest BCUT2D eigenvalue weighted by Crippen LogP contribution is -2.03. The molecule has 0 aliphatic rings. The Hall–Kier alpha value is -1.03. The molecule has 16 heavy (non-hydrogen) atoms. The standard InChI is InChI=1S/C11H7Cl2NOS/c12-8-7(11(14)16-10(8)13)9(15)6-4-2-1-3-5-6/h1-5H,14H2. The normalized spacial score (nSPS) is 10.4. The smallest absolute Gasteiger partial charge is 0.197 e. The Labute approximate surface area is 107 Å². The summed E-state index contributed by atoms with van der Waals surface area (Å²) in [6.07, 6.45) is 0. The fourth-order valence-corrected chi connectivity index (χ4v) is 2.73. The van der Waals surface area contributed by atoms with Crippen molar-refractivity contribution in [3.8, 4) is 0 Å². The Morgan fingerprint density at radius 3 is 2.31 bits per heavy atom. The van der Waals surface area contributed by atoms with E-state index in [1.807, 2.05) is 6.07 Å². The van der Waals surface area contributed by atoms with E-state index in [2.05, 4.69) is 0 Å². The van der Waals surface area contributed by atoms with Crippen LogP contribution < -0.4 is 5.73 Å². The number of benzene rings is 1. The number of ketones is 1. The number of hydrogen-bond donors (Lipinski definition) is 1. The maximum atomic E-state index is 12.1. The Bertz CT molecular complexity index is 536. The molecule has 5 heteroatoms. The van der Waals surface area contributed by atoms with Crippen LogP contribution in [0.2, 0.25) is 9.36 Å². The van der Waals surface area contributed by atoms with E-state index in [0.29, 0.717) is 20.5 Å². The van der Waals surface area contributed by atoms with E-state index >= 15 is 0 Å². The van der Waals surface area contributed by atoms with Gasteiger partial charge >= 0.3 is 0 Å². The lowest BCUT2D eigenvalue weighted by Gasteiger charge is -2.00. The summed E-state index contributed by atoms with van der Waals surface area (Å²) >= 11 is 12.9. The van der Waals surface area contributed by atoms with Crippen molar-refractivity contribution >= 4 is 45.3 Å². The topological polar surface area (TPSA) is 43.1 Å². The number of carbonyl (C=O) groups excluding carboxylic acids is 1. The van der Waals surface area contributed by atoms with Crippen LogP contribution in [0.5, 0.6) is 0 Å². The molecule has 0 amide bonds. The first-order valence-corrected chi connectivity index (χ1v) is 6.01. The second-order valence-corrected chi connectivity index (χ2v) is 5.16. The number of nitrogen functional groups attached to an aromatic ring is 1. The third-order valence-corrected chi connectivity index (χ3v) is 3.92. The van der Waals surface area contributed by atoms with Crippen LogP contribution in [0.4, 0.5) is 5.00 Å². The van der Waals surface area contributed by atoms with Crippen LogP contribution in [0.1, 0.15) is 15.9 Å². The molecule has 2 rings (SSSR count). The number of rotatable bonds is 2. The van der Waals surface area contributed by atoms with Gasteiger partial charge in [-0.15, -0.1) is 11.3 Å². The minimum Gasteiger partial charge on any atom is -0.390 e. The van der Waals surface area contributed by atoms with E-state index in [1.54, 1.807) is 24.3 Å². The van der Waals surface area contributed by atoms with Gasteiger partial charge in [0.05, 0.1) is 10.6 Å². The summed E-state index contributed by atoms with van der Waals surface area (Å²) in [7, 11) is 0. The van der Waals surface area contributed by atoms with Gasteiger partial charge in [-0.2, -0.15) is 0 Å². The zero-order chi connectivity index (χ0) is 11.7. The van der Waals surface area contributed by atoms with Crippen molar-refractivity contribution in [1.29, 1.82) is 0 Å². The highest BCUT2D eigenvalue weighted by Gasteiger charge is 2.21. The molecule has 82 valence electrons. The largest absolute Gasteiger partial charge is 0.390 e. The van der Waals surface area contributed by atoms with Gasteiger partial charge in [0.1, 0.15) is 9.34 Å². The van der Waals surface area contributed by atoms with Crippen molar-refractivity contribution in [2.24, 2.45) is 0 Å². The molecule has 0 aliphatic carbocycles. The molecular weight excluding hydrogens is 265 g/mol. The van der Waals surface area contributed by atoms with Crippen molar-refractivity contribution in [3.63, 3.8) is 0 Å². The van der Waals surface area contributed by atoms with Gasteiger partial charge in [-0.3, -0.25) is 4.79 Å². The minimum absolute atomic E-state index is 0.203. The van der Waals surface area contributed by atoms with E-state index in [0.717, 1.165) is 11.3 Å². The molecule has 0 saturated heterocycles. The molecule has 0 unspecified atom stereocenters. The summed E-state index contributed by atoms with van der Waals surface area (Å²) in [4.78, 5) is 12.1. The Morgan fingerprint density at radius 1 is 1.19 bits per heavy atom. The molecule has 0 spiro atoms. The van der Waals surface area contributed by atoms with Crippen LogP contribution in [0, 0.1) is 0 Å². The van der Waals surface area contributed by atoms with Gasteiger partial charge in [0.25, 0.3) is 0 Å². The summed E-state index contributed by atoms with van der Waals surface area (Å²) in [5, 5.41) is 0.585. The SMILES string of the molecule is Nc1sc(Cl)c(Cl)c1C(=O)c1ccccc1. The number of carbonyl (C=O) groups is 1. The third-order valence-electron chi connectivity index (χ3n) is 2.10. The van der Waals surface area contributed by atoms with E-state index in [9.17, 15) is 4.79 Å². The van der Waals surface area contributed by atoms with E-state index in [4.69, 9.17) is 28.9 Å². The van der Waals surface area contributed by atoms with Gasteiger partial charge < -0.3 is 5.73 Å². The number of hydrogen-bond acceptors (Lipinski definition) is 3. The number of nitrogens with two attached hydrogens (primary N) is 1. The fraction of sp³-hybridized carbons (Fsp3) is 0. The molecule has 2 nitrogen and oxygen atoms in total. The van der Waals surface area contributed by atoms with Gasteiger partial charge in [-0.1, -0.05) is 53.5 Å². The summed E-state index contributed by atoms with van der Waals surface area (Å²) in [5.41, 5.74) is 6.55. The van der Waals surface area contributed by atoms with Crippen LogP contribution in [0.15, 0.2) is 30.3 Å². The summed E-state index contributed by atoms with van der Waals surface area (Å²) in [6.45, 7) is 0. The number of thiophene rings is 1. The Balaban J connectivity index is 2.50. The van der Waals surface area contributed by atoms with Crippen LogP contribution >= 0.6 is 34.5 Å². The summed E-state index contributed by atoms with van der Waals surface area (Å²) in [6, 6.07) is 8.83. The van der Waals surface area contributed by atoms with Gasteiger partial charge in [0, 0.05) is 5.56 Å². The molecule has 0 atom stereocenters. The van der Waals surface area contributed by atoms with Crippen molar-refractivity contribution in [2.45, 2.75) is 0 Å². The molecule has 0 saturated carbocycles. The average molecular weight is 272 g/mol. The van der Waals surface area contributed by atoms with Gasteiger partial charge in [0.15, 0.2) is 5.78 Å². The van der Waals surface area contributed by atoms with Crippen molar-refractivity contribution in [3.05, 3.63) is 50.8 Å². The number of halogens is 2. The minimum atomic E-state index is -0.203. The van der Waals surface area contributed by atoms with Crippen molar-refractivity contribution in [1.82, 2.24) is 0 Å². The second-order valence-electron chi connectivity index (χ2n) is 3.12. The van der Waals surface area contributed by atoms with Crippen LogP contribution in [0.3, 0.4) is 0 Å². The first kappa shape index (κ1) is 11.5. The molecule has 1 aromatic heterocycles. The lowest BCUT2D eigenvalue weighted by molar-refractivity contribution is 0.104. The Morgan fingerprint density at radius 2 is 1.81 bits per heavy atom. The highest BCUT2D eigenvalue weighted by atomic mass is 35.5. The zero-order valence-electron chi connectivity index (χ0n) is 8.04. The predicted molar refractivity (Wildman–Crippen MR) is 68.6 cm³/mol. The monoisotopic (exact) mass is 271 g/mol. The predicted octanol–water partition coefficient (Wildman–Crippen LogP) is 3.87. The van der Waals surface area contributed by atoms with Gasteiger partial charge in [0.2, 0.25) is 0 Å². The maximum absolute atomic E-state index is 12.1. The van der Waals surface area contributed by atoms with Gasteiger partial charge in [-0.05, 0) is 0 Å². The molecule has 2 N–H and O–H groups in total. The molecular formula is C11H7Cl2NOS. The molecule has 2 aromatic rings.